The fraction of sp³-hybridized carbons (Fsp3) is 0.840. The van der Waals surface area contributed by atoms with Crippen LogP contribution >= 0.6 is 0 Å². The number of quaternary nitrogens is 2. The number of likely N-dealkylation sites (N-methyl/N-ethyl adjacent to an activating group) is 2. The Balaban J connectivity index is 1.44. The summed E-state index contributed by atoms with van der Waals surface area (Å²) in [6.07, 6.45) is 49.4. The summed E-state index contributed by atoms with van der Waals surface area (Å²) in [5.41, 5.74) is 0. The lowest BCUT2D eigenvalue weighted by Gasteiger charge is -2.42. The lowest BCUT2D eigenvalue weighted by atomic mass is 10.1. The molecular weight excluding hydrogens is 689 g/mol. The van der Waals surface area contributed by atoms with E-state index >= 15 is 0 Å². The third-order valence-electron chi connectivity index (χ3n) is 12.9. The summed E-state index contributed by atoms with van der Waals surface area (Å²) >= 11 is 0. The molecule has 0 aromatic heterocycles. The van der Waals surface area contributed by atoms with Crippen LogP contribution in [0.15, 0.2) is 36.5 Å². The minimum absolute atomic E-state index is 0.368. The number of carbonyl (C=O) groups excluding carboxylic acids is 2. The molecule has 2 heterocycles. The third kappa shape index (κ3) is 25.4. The Morgan fingerprint density at radius 2 is 0.661 bits per heavy atom. The van der Waals surface area contributed by atoms with Gasteiger partial charge < -0.3 is 18.8 Å². The van der Waals surface area contributed by atoms with Crippen molar-refractivity contribution in [2.75, 3.05) is 79.5 Å². The van der Waals surface area contributed by atoms with Gasteiger partial charge in [0.25, 0.3) is 0 Å². The molecule has 0 atom stereocenters. The highest BCUT2D eigenvalue weighted by Gasteiger charge is 2.31. The molecule has 2 aliphatic heterocycles. The van der Waals surface area contributed by atoms with Gasteiger partial charge in [0.05, 0.1) is 79.5 Å². The van der Waals surface area contributed by atoms with Crippen molar-refractivity contribution in [1.82, 2.24) is 9.80 Å². The van der Waals surface area contributed by atoms with Crippen molar-refractivity contribution in [3.05, 3.63) is 36.5 Å². The zero-order valence-electron chi connectivity index (χ0n) is 37.9. The van der Waals surface area contributed by atoms with E-state index in [0.717, 1.165) is 100 Å². The van der Waals surface area contributed by atoms with Gasteiger partial charge in [-0.3, -0.25) is 9.59 Å². The zero-order valence-corrected chi connectivity index (χ0v) is 37.9. The molecule has 0 N–H and O–H groups in total. The predicted octanol–water partition coefficient (Wildman–Crippen LogP) is 12.2. The van der Waals surface area contributed by atoms with E-state index in [-0.39, 0.29) is 0 Å². The van der Waals surface area contributed by atoms with Crippen molar-refractivity contribution in [1.29, 1.82) is 0 Å². The SMILES string of the molecule is CCCCCCCC/C=C/CCCCCCCC(=O)N1CC[N+](C)(C/C=C/C[N+]2(C)CCN(C(=O)CCCCCCC/C=C/CCCCCCCC)CC2)CC1. The van der Waals surface area contributed by atoms with E-state index in [9.17, 15) is 9.59 Å². The number of piperazine rings is 2. The van der Waals surface area contributed by atoms with E-state index in [0.29, 0.717) is 11.8 Å². The predicted molar refractivity (Wildman–Crippen MR) is 243 cm³/mol. The minimum Gasteiger partial charge on any atom is -0.331 e. The average Bonchev–Trinajstić information content (AvgIpc) is 3.20. The van der Waals surface area contributed by atoms with Crippen molar-refractivity contribution in [3.8, 4) is 0 Å². The summed E-state index contributed by atoms with van der Waals surface area (Å²) < 4.78 is 2.05. The second kappa shape index (κ2) is 33.0. The van der Waals surface area contributed by atoms with E-state index in [4.69, 9.17) is 0 Å². The molecule has 0 spiro atoms. The molecule has 0 aromatic carbocycles. The Kier molecular flexibility index (Phi) is 29.6. The van der Waals surface area contributed by atoms with Crippen LogP contribution in [0.25, 0.3) is 0 Å². The number of rotatable bonds is 34. The van der Waals surface area contributed by atoms with E-state index in [2.05, 4.69) is 74.2 Å². The monoisotopic (exact) mass is 783 g/mol. The van der Waals surface area contributed by atoms with E-state index in [1.54, 1.807) is 0 Å². The molecule has 2 rings (SSSR count). The normalized spacial score (nSPS) is 17.2. The zero-order chi connectivity index (χ0) is 40.4. The fourth-order valence-electron chi connectivity index (χ4n) is 8.43. The van der Waals surface area contributed by atoms with Gasteiger partial charge in [0.1, 0.15) is 0 Å². The molecule has 324 valence electrons. The smallest absolute Gasteiger partial charge is 0.222 e. The van der Waals surface area contributed by atoms with E-state index < -0.39 is 0 Å². The molecule has 6 heteroatoms. The largest absolute Gasteiger partial charge is 0.331 e. The first-order valence-electron chi connectivity index (χ1n) is 24.5. The summed E-state index contributed by atoms with van der Waals surface area (Å²) in [6.45, 7) is 14.4. The Hall–Kier alpha value is -1.92. The second-order valence-electron chi connectivity index (χ2n) is 18.4. The highest BCUT2D eigenvalue weighted by atomic mass is 16.2. The van der Waals surface area contributed by atoms with Crippen LogP contribution in [0.1, 0.15) is 194 Å². The van der Waals surface area contributed by atoms with Gasteiger partial charge in [0, 0.05) is 12.8 Å². The number of hydrogen-bond acceptors (Lipinski definition) is 2. The van der Waals surface area contributed by atoms with Gasteiger partial charge in [-0.2, -0.15) is 0 Å². The quantitative estimate of drug-likeness (QED) is 0.0371. The number of carbonyl (C=O) groups is 2. The van der Waals surface area contributed by atoms with Gasteiger partial charge in [-0.25, -0.2) is 0 Å². The molecule has 6 nitrogen and oxygen atoms in total. The number of hydrogen-bond donors (Lipinski definition) is 0. The summed E-state index contributed by atoms with van der Waals surface area (Å²) in [7, 11) is 4.71. The van der Waals surface area contributed by atoms with Crippen LogP contribution < -0.4 is 0 Å². The first-order chi connectivity index (χ1) is 27.3. The average molecular weight is 783 g/mol. The maximum absolute atomic E-state index is 12.9. The Morgan fingerprint density at radius 3 is 0.964 bits per heavy atom. The maximum Gasteiger partial charge on any atom is 0.222 e. The van der Waals surface area contributed by atoms with E-state index in [1.165, 1.54) is 154 Å². The van der Waals surface area contributed by atoms with Crippen LogP contribution in [0.4, 0.5) is 0 Å². The minimum atomic E-state index is 0.368. The molecule has 2 fully saturated rings. The summed E-state index contributed by atoms with van der Waals surface area (Å²) in [6, 6.07) is 0. The van der Waals surface area contributed by atoms with Gasteiger partial charge in [-0.1, -0.05) is 141 Å². The molecule has 56 heavy (non-hydrogen) atoms. The van der Waals surface area contributed by atoms with Crippen molar-refractivity contribution in [2.24, 2.45) is 0 Å². The van der Waals surface area contributed by atoms with Gasteiger partial charge in [-0.15, -0.1) is 0 Å². The topological polar surface area (TPSA) is 40.6 Å². The molecule has 0 unspecified atom stereocenters. The standard InChI is InChI=1S/C50H94N4O2/c1-5-7-9-11-13-15-17-19-21-23-25-27-29-31-33-37-49(55)51-39-45-53(3,46-40-51)43-35-36-44-54(4)47-41-52(42-48-54)50(56)38-34-32-30-28-26-24-22-20-18-16-14-12-10-8-6-2/h19-22,35-36H,5-18,23-34,37-48H2,1-4H3/q+2/b21-19+,22-20+,36-35+. The first kappa shape index (κ1) is 50.2. The first-order valence-corrected chi connectivity index (χ1v) is 24.5. The number of amides is 2. The van der Waals surface area contributed by atoms with Gasteiger partial charge >= 0.3 is 0 Å². The summed E-state index contributed by atoms with van der Waals surface area (Å²) in [5, 5.41) is 0. The molecule has 2 amide bonds. The van der Waals surface area contributed by atoms with Gasteiger partial charge in [-0.05, 0) is 76.4 Å². The molecule has 0 saturated carbocycles. The van der Waals surface area contributed by atoms with Crippen LogP contribution in [0.5, 0.6) is 0 Å². The lowest BCUT2D eigenvalue weighted by Crippen LogP contribution is -2.59. The summed E-state index contributed by atoms with van der Waals surface area (Å²) in [5.74, 6) is 0.735. The van der Waals surface area contributed by atoms with Crippen molar-refractivity contribution in [2.45, 2.75) is 194 Å². The van der Waals surface area contributed by atoms with Crippen LogP contribution in [0.3, 0.4) is 0 Å². The van der Waals surface area contributed by atoms with Gasteiger partial charge in [0.15, 0.2) is 0 Å². The van der Waals surface area contributed by atoms with Crippen molar-refractivity contribution in [3.63, 3.8) is 0 Å². The van der Waals surface area contributed by atoms with Crippen LogP contribution in [0, 0.1) is 0 Å². The highest BCUT2D eigenvalue weighted by Crippen LogP contribution is 2.17. The Labute approximate surface area is 348 Å². The second-order valence-corrected chi connectivity index (χ2v) is 18.4. The third-order valence-corrected chi connectivity index (χ3v) is 12.9. The van der Waals surface area contributed by atoms with Gasteiger partial charge in [0.2, 0.25) is 11.8 Å². The molecular formula is C50H94N4O2+2. The molecule has 0 radical (unpaired) electrons. The van der Waals surface area contributed by atoms with Crippen molar-refractivity contribution >= 4 is 11.8 Å². The molecule has 0 bridgehead atoms. The highest BCUT2D eigenvalue weighted by molar-refractivity contribution is 5.76. The van der Waals surface area contributed by atoms with Crippen molar-refractivity contribution < 1.29 is 18.6 Å². The van der Waals surface area contributed by atoms with E-state index in [1.807, 2.05) is 0 Å². The van der Waals surface area contributed by atoms with Crippen LogP contribution in [0.2, 0.25) is 0 Å². The summed E-state index contributed by atoms with van der Waals surface area (Å²) in [4.78, 5) is 30.1. The number of nitrogens with zero attached hydrogens (tertiary/aromatic N) is 4. The Morgan fingerprint density at radius 1 is 0.393 bits per heavy atom. The van der Waals surface area contributed by atoms with Crippen LogP contribution in [-0.2, 0) is 9.59 Å². The van der Waals surface area contributed by atoms with Crippen LogP contribution in [-0.4, -0.2) is 110 Å². The Bertz CT molecular complexity index is 969. The number of unbranched alkanes of at least 4 members (excludes halogenated alkanes) is 22. The maximum atomic E-state index is 12.9. The fourth-order valence-corrected chi connectivity index (χ4v) is 8.43. The lowest BCUT2D eigenvalue weighted by molar-refractivity contribution is -0.909. The molecule has 2 saturated heterocycles. The molecule has 0 aliphatic carbocycles. The number of allylic oxidation sites excluding steroid dienone is 4. The molecule has 2 aliphatic rings. The molecule has 0 aromatic rings.